The molecule has 2 saturated carbocycles. The molecule has 2 N–H and O–H groups in total. The van der Waals surface area contributed by atoms with E-state index in [9.17, 15) is 14.7 Å². The van der Waals surface area contributed by atoms with E-state index in [2.05, 4.69) is 27.6 Å². The Morgan fingerprint density at radius 2 is 2.03 bits per heavy atom. The van der Waals surface area contributed by atoms with E-state index >= 15 is 0 Å². The Morgan fingerprint density at radius 3 is 2.76 bits per heavy atom. The first-order chi connectivity index (χ1) is 15.9. The molecule has 174 valence electrons. The fourth-order valence-electron chi connectivity index (χ4n) is 4.85. The molecule has 1 aliphatic heterocycles. The highest BCUT2D eigenvalue weighted by Crippen LogP contribution is 2.42. The second-order valence-corrected chi connectivity index (χ2v) is 9.80. The Kier molecular flexibility index (Phi) is 5.86. The lowest BCUT2D eigenvalue weighted by molar-refractivity contribution is 0.0696. The van der Waals surface area contributed by atoms with Crippen LogP contribution in [0, 0.1) is 6.92 Å². The Bertz CT molecular complexity index is 1080. The molecule has 33 heavy (non-hydrogen) atoms. The van der Waals surface area contributed by atoms with Crippen LogP contribution in [0.2, 0.25) is 5.02 Å². The number of rotatable bonds is 6. The quantitative estimate of drug-likeness (QED) is 0.667. The van der Waals surface area contributed by atoms with Crippen molar-refractivity contribution in [1.82, 2.24) is 20.4 Å². The summed E-state index contributed by atoms with van der Waals surface area (Å²) < 4.78 is 0. The Hall–Kier alpha value is -2.87. The molecule has 2 amide bonds. The molecular weight excluding hydrogens is 442 g/mol. The first kappa shape index (κ1) is 21.9. The van der Waals surface area contributed by atoms with E-state index in [0.29, 0.717) is 18.3 Å². The van der Waals surface area contributed by atoms with Crippen LogP contribution >= 0.6 is 11.6 Å². The fourth-order valence-corrected chi connectivity index (χ4v) is 4.97. The lowest BCUT2D eigenvalue weighted by atomic mass is 10.0. The number of carbonyl (C=O) groups excluding carboxylic acids is 1. The molecule has 9 heteroatoms. The number of piperidine rings is 1. The summed E-state index contributed by atoms with van der Waals surface area (Å²) in [4.78, 5) is 28.7. The van der Waals surface area contributed by atoms with Gasteiger partial charge in [0, 0.05) is 36.1 Å². The van der Waals surface area contributed by atoms with Crippen molar-refractivity contribution < 1.29 is 14.7 Å². The number of nitrogens with one attached hydrogen (secondary N) is 1. The van der Waals surface area contributed by atoms with Crippen LogP contribution in [0.5, 0.6) is 0 Å². The molecule has 0 radical (unpaired) electrons. The molecule has 3 atom stereocenters. The first-order valence-electron chi connectivity index (χ1n) is 11.6. The van der Waals surface area contributed by atoms with Crippen molar-refractivity contribution in [2.45, 2.75) is 63.1 Å². The standard InChI is InChI=1S/C24H28ClN5O3/c1-14-9-15(4-7-20(14)25)19-11-21(19)27-24(33)30(17-5-6-17)18-3-2-8-29(13-18)22-10-16(23(31)32)12-26-28-22/h4,7,9-10,12,17-19,21H,2-3,5-6,8,11,13H2,1H3,(H,27,33)(H,31,32)/t18-,19?,21?/m1/s1. The van der Waals surface area contributed by atoms with Gasteiger partial charge in [-0.2, -0.15) is 5.10 Å². The van der Waals surface area contributed by atoms with E-state index in [-0.39, 0.29) is 29.7 Å². The number of anilines is 1. The summed E-state index contributed by atoms with van der Waals surface area (Å²) in [6.45, 7) is 3.41. The molecule has 2 unspecified atom stereocenters. The monoisotopic (exact) mass is 469 g/mol. The summed E-state index contributed by atoms with van der Waals surface area (Å²) in [6, 6.07) is 8.16. The molecule has 1 aromatic heterocycles. The second-order valence-electron chi connectivity index (χ2n) is 9.39. The van der Waals surface area contributed by atoms with Crippen LogP contribution in [0.3, 0.4) is 0 Å². The van der Waals surface area contributed by atoms with Crippen LogP contribution in [0.15, 0.2) is 30.5 Å². The number of hydrogen-bond donors (Lipinski definition) is 2. The number of aromatic carboxylic acids is 1. The predicted octanol–water partition coefficient (Wildman–Crippen LogP) is 3.84. The van der Waals surface area contributed by atoms with E-state index in [1.54, 1.807) is 6.07 Å². The highest BCUT2D eigenvalue weighted by Gasteiger charge is 2.44. The SMILES string of the molecule is Cc1cc(C2CC2NC(=O)N(C2CC2)[C@@H]2CCCN(c3cc(C(=O)O)cnn3)C2)ccc1Cl. The molecule has 0 bridgehead atoms. The predicted molar refractivity (Wildman–Crippen MR) is 125 cm³/mol. The van der Waals surface area contributed by atoms with Gasteiger partial charge >= 0.3 is 12.0 Å². The first-order valence-corrected chi connectivity index (χ1v) is 11.9. The maximum Gasteiger partial charge on any atom is 0.337 e. The summed E-state index contributed by atoms with van der Waals surface area (Å²) in [5.74, 6) is -0.132. The van der Waals surface area contributed by atoms with Gasteiger partial charge in [-0.1, -0.05) is 23.7 Å². The van der Waals surface area contributed by atoms with Crippen LogP contribution in [-0.4, -0.2) is 63.4 Å². The third-order valence-electron chi connectivity index (χ3n) is 6.89. The van der Waals surface area contributed by atoms with Crippen molar-refractivity contribution in [3.8, 4) is 0 Å². The summed E-state index contributed by atoms with van der Waals surface area (Å²) in [6.07, 6.45) is 6.10. The van der Waals surface area contributed by atoms with Crippen molar-refractivity contribution in [2.24, 2.45) is 0 Å². The van der Waals surface area contributed by atoms with E-state index < -0.39 is 5.97 Å². The number of urea groups is 1. The molecule has 2 aromatic rings. The van der Waals surface area contributed by atoms with Crippen LogP contribution in [-0.2, 0) is 0 Å². The van der Waals surface area contributed by atoms with Gasteiger partial charge in [-0.3, -0.25) is 0 Å². The smallest absolute Gasteiger partial charge is 0.337 e. The maximum absolute atomic E-state index is 13.3. The number of halogens is 1. The van der Waals surface area contributed by atoms with Gasteiger partial charge in [-0.05, 0) is 62.3 Å². The molecule has 1 saturated heterocycles. The van der Waals surface area contributed by atoms with Gasteiger partial charge in [-0.15, -0.1) is 5.10 Å². The van der Waals surface area contributed by atoms with Gasteiger partial charge in [0.15, 0.2) is 5.82 Å². The lowest BCUT2D eigenvalue weighted by Crippen LogP contribution is -2.54. The minimum absolute atomic E-state index is 0.00732. The summed E-state index contributed by atoms with van der Waals surface area (Å²) in [7, 11) is 0. The molecule has 3 aliphatic rings. The van der Waals surface area contributed by atoms with Crippen LogP contribution in [0.25, 0.3) is 0 Å². The minimum Gasteiger partial charge on any atom is -0.478 e. The number of nitrogens with zero attached hydrogens (tertiary/aromatic N) is 4. The van der Waals surface area contributed by atoms with Gasteiger partial charge in [0.2, 0.25) is 0 Å². The molecule has 1 aromatic carbocycles. The topological polar surface area (TPSA) is 98.7 Å². The number of carboxylic acid groups (broad SMARTS) is 1. The zero-order chi connectivity index (χ0) is 23.1. The number of hydrogen-bond acceptors (Lipinski definition) is 5. The minimum atomic E-state index is -1.02. The van der Waals surface area contributed by atoms with Gasteiger partial charge < -0.3 is 20.2 Å². The number of aryl methyl sites for hydroxylation is 1. The van der Waals surface area contributed by atoms with E-state index in [0.717, 1.165) is 49.2 Å². The van der Waals surface area contributed by atoms with Gasteiger partial charge in [-0.25, -0.2) is 9.59 Å². The van der Waals surface area contributed by atoms with Crippen molar-refractivity contribution in [3.05, 3.63) is 52.2 Å². The van der Waals surface area contributed by atoms with Crippen LogP contribution in [0.4, 0.5) is 10.6 Å². The highest BCUT2D eigenvalue weighted by atomic mass is 35.5. The Labute approximate surface area is 197 Å². The number of aromatic nitrogens is 2. The van der Waals surface area contributed by atoms with E-state index in [1.807, 2.05) is 22.8 Å². The molecule has 2 heterocycles. The molecule has 2 aliphatic carbocycles. The van der Waals surface area contributed by atoms with Crippen molar-refractivity contribution in [1.29, 1.82) is 0 Å². The molecular formula is C24H28ClN5O3. The summed E-state index contributed by atoms with van der Waals surface area (Å²) in [5, 5.41) is 21.3. The summed E-state index contributed by atoms with van der Waals surface area (Å²) >= 11 is 6.16. The molecule has 0 spiro atoms. The molecule has 5 rings (SSSR count). The Balaban J connectivity index is 1.25. The maximum atomic E-state index is 13.3. The normalized spacial score (nSPS) is 24.3. The number of carboxylic acids is 1. The lowest BCUT2D eigenvalue weighted by Gasteiger charge is -2.40. The van der Waals surface area contributed by atoms with Gasteiger partial charge in [0.05, 0.1) is 17.8 Å². The fraction of sp³-hybridized carbons (Fsp3) is 0.500. The van der Waals surface area contributed by atoms with Crippen molar-refractivity contribution in [2.75, 3.05) is 18.0 Å². The van der Waals surface area contributed by atoms with Gasteiger partial charge in [0.1, 0.15) is 0 Å². The highest BCUT2D eigenvalue weighted by molar-refractivity contribution is 6.31. The third-order valence-corrected chi connectivity index (χ3v) is 7.31. The number of carbonyl (C=O) groups is 2. The molecule has 8 nitrogen and oxygen atoms in total. The molecule has 3 fully saturated rings. The van der Waals surface area contributed by atoms with E-state index in [4.69, 9.17) is 11.6 Å². The van der Waals surface area contributed by atoms with Gasteiger partial charge in [0.25, 0.3) is 0 Å². The van der Waals surface area contributed by atoms with Crippen LogP contribution < -0.4 is 10.2 Å². The average molecular weight is 470 g/mol. The zero-order valence-corrected chi connectivity index (χ0v) is 19.3. The zero-order valence-electron chi connectivity index (χ0n) is 18.6. The largest absolute Gasteiger partial charge is 0.478 e. The summed E-state index contributed by atoms with van der Waals surface area (Å²) in [5.41, 5.74) is 2.40. The average Bonchev–Trinajstić information content (AvgIpc) is 3.73. The number of benzene rings is 1. The van der Waals surface area contributed by atoms with Crippen molar-refractivity contribution in [3.63, 3.8) is 0 Å². The Morgan fingerprint density at radius 1 is 1.21 bits per heavy atom. The van der Waals surface area contributed by atoms with E-state index in [1.165, 1.54) is 11.8 Å². The number of amides is 2. The second kappa shape index (κ2) is 8.82. The van der Waals surface area contributed by atoms with Crippen molar-refractivity contribution >= 4 is 29.4 Å². The van der Waals surface area contributed by atoms with Crippen LogP contribution in [0.1, 0.15) is 59.5 Å². The third kappa shape index (κ3) is 4.76.